The van der Waals surface area contributed by atoms with Gasteiger partial charge < -0.3 is 4.74 Å². The van der Waals surface area contributed by atoms with E-state index >= 15 is 0 Å². The van der Waals surface area contributed by atoms with E-state index in [1.807, 2.05) is 74.0 Å². The minimum Gasteiger partial charge on any atom is -0.414 e. The molecule has 0 atom stereocenters. The Morgan fingerprint density at radius 2 is 1.44 bits per heavy atom. The topological polar surface area (TPSA) is 29.5 Å². The van der Waals surface area contributed by atoms with E-state index in [1.54, 1.807) is 4.90 Å². The van der Waals surface area contributed by atoms with Crippen molar-refractivity contribution in [2.24, 2.45) is 5.41 Å². The molecule has 3 rings (SSSR count). The summed E-state index contributed by atoms with van der Waals surface area (Å²) in [6.07, 6.45) is 4.52. The monoisotopic (exact) mass is 360 g/mol. The molecule has 0 bridgehead atoms. The fourth-order valence-corrected chi connectivity index (χ4v) is 3.05. The molecule has 0 aromatic heterocycles. The Morgan fingerprint density at radius 3 is 1.89 bits per heavy atom. The maximum atomic E-state index is 13.1. The lowest BCUT2D eigenvalue weighted by atomic mass is 9.80. The van der Waals surface area contributed by atoms with E-state index in [2.05, 4.69) is 26.8 Å². The average Bonchev–Trinajstić information content (AvgIpc) is 2.64. The van der Waals surface area contributed by atoms with E-state index in [0.29, 0.717) is 5.76 Å². The zero-order chi connectivity index (χ0) is 19.4. The number of para-hydroxylation sites is 2. The zero-order valence-electron chi connectivity index (χ0n) is 16.4. The molecule has 0 heterocycles. The molecule has 2 aromatic rings. The molecule has 3 nitrogen and oxygen atoms in total. The van der Waals surface area contributed by atoms with Gasteiger partial charge in [-0.1, -0.05) is 68.8 Å². The quantitative estimate of drug-likeness (QED) is 0.601. The van der Waals surface area contributed by atoms with E-state index in [0.717, 1.165) is 23.4 Å². The Balaban J connectivity index is 1.89. The highest BCUT2D eigenvalue weighted by molar-refractivity contribution is 5.96. The van der Waals surface area contributed by atoms with Crippen molar-refractivity contribution in [2.75, 3.05) is 4.90 Å². The van der Waals surface area contributed by atoms with Crippen molar-refractivity contribution in [3.8, 4) is 0 Å². The SMILES string of the molecule is CC1=C(OC(=O)N(c2ccccc2)c2ccccc2)[CH]CC(C(C)(C)C)=C1. The maximum Gasteiger partial charge on any atom is 0.424 e. The summed E-state index contributed by atoms with van der Waals surface area (Å²) >= 11 is 0. The molecule has 1 radical (unpaired) electrons. The number of carbonyl (C=O) groups excluding carboxylic acids is 1. The van der Waals surface area contributed by atoms with Gasteiger partial charge in [-0.25, -0.2) is 9.69 Å². The first-order chi connectivity index (χ1) is 12.9. The van der Waals surface area contributed by atoms with Gasteiger partial charge >= 0.3 is 6.09 Å². The summed E-state index contributed by atoms with van der Waals surface area (Å²) in [6, 6.07) is 19.1. The summed E-state index contributed by atoms with van der Waals surface area (Å²) in [5.41, 5.74) is 3.96. The van der Waals surface area contributed by atoms with Crippen LogP contribution in [-0.4, -0.2) is 6.09 Å². The second-order valence-electron chi connectivity index (χ2n) is 7.75. The number of ether oxygens (including phenoxy) is 1. The number of hydrogen-bond acceptors (Lipinski definition) is 2. The molecule has 0 spiro atoms. The summed E-state index contributed by atoms with van der Waals surface area (Å²) in [4.78, 5) is 14.7. The van der Waals surface area contributed by atoms with E-state index in [9.17, 15) is 4.79 Å². The Labute approximate surface area is 162 Å². The second-order valence-corrected chi connectivity index (χ2v) is 7.75. The number of hydrogen-bond donors (Lipinski definition) is 0. The summed E-state index contributed by atoms with van der Waals surface area (Å²) in [5, 5.41) is 0. The normalized spacial score (nSPS) is 14.6. The minimum atomic E-state index is -0.411. The number of carbonyl (C=O) groups is 1. The largest absolute Gasteiger partial charge is 0.424 e. The maximum absolute atomic E-state index is 13.1. The van der Waals surface area contributed by atoms with Crippen molar-refractivity contribution < 1.29 is 9.53 Å². The molecular weight excluding hydrogens is 334 g/mol. The minimum absolute atomic E-state index is 0.105. The molecular formula is C24H26NO2. The molecule has 27 heavy (non-hydrogen) atoms. The van der Waals surface area contributed by atoms with Gasteiger partial charge in [0.2, 0.25) is 0 Å². The standard InChI is InChI=1S/C24H26NO2/c1-18-17-19(24(2,3)4)15-16-22(18)27-23(26)25(20-11-7-5-8-12-20)21-13-9-6-10-14-21/h5-14,16-17H,15H2,1-4H3. The van der Waals surface area contributed by atoms with Crippen LogP contribution in [0.25, 0.3) is 0 Å². The highest BCUT2D eigenvalue weighted by Gasteiger charge is 2.25. The number of rotatable bonds is 3. The van der Waals surface area contributed by atoms with Gasteiger partial charge in [0.15, 0.2) is 0 Å². The van der Waals surface area contributed by atoms with Crippen LogP contribution in [0.2, 0.25) is 0 Å². The van der Waals surface area contributed by atoms with E-state index < -0.39 is 6.09 Å². The fourth-order valence-electron chi connectivity index (χ4n) is 3.05. The van der Waals surface area contributed by atoms with Crippen molar-refractivity contribution in [2.45, 2.75) is 34.1 Å². The number of amides is 1. The van der Waals surface area contributed by atoms with Gasteiger partial charge in [0.25, 0.3) is 0 Å². The third kappa shape index (κ3) is 4.48. The van der Waals surface area contributed by atoms with Gasteiger partial charge in [-0.15, -0.1) is 0 Å². The average molecular weight is 360 g/mol. The van der Waals surface area contributed by atoms with Gasteiger partial charge in [0.1, 0.15) is 5.76 Å². The van der Waals surface area contributed by atoms with Crippen molar-refractivity contribution >= 4 is 17.5 Å². The molecule has 0 saturated carbocycles. The van der Waals surface area contributed by atoms with Gasteiger partial charge in [-0.3, -0.25) is 0 Å². The first-order valence-electron chi connectivity index (χ1n) is 9.23. The lowest BCUT2D eigenvalue weighted by Crippen LogP contribution is -2.27. The Bertz CT molecular complexity index is 819. The number of benzene rings is 2. The first kappa shape index (κ1) is 19.0. The van der Waals surface area contributed by atoms with Crippen LogP contribution >= 0.6 is 0 Å². The van der Waals surface area contributed by atoms with Gasteiger partial charge in [-0.2, -0.15) is 0 Å². The van der Waals surface area contributed by atoms with Crippen molar-refractivity contribution in [3.05, 3.63) is 90.1 Å². The van der Waals surface area contributed by atoms with E-state index in [1.165, 1.54) is 5.57 Å². The predicted molar refractivity (Wildman–Crippen MR) is 111 cm³/mol. The van der Waals surface area contributed by atoms with Gasteiger partial charge in [-0.05, 0) is 48.6 Å². The predicted octanol–water partition coefficient (Wildman–Crippen LogP) is 6.82. The number of anilines is 2. The molecule has 1 aliphatic rings. The number of nitrogens with zero attached hydrogens (tertiary/aromatic N) is 1. The fraction of sp³-hybridized carbons (Fsp3) is 0.250. The summed E-state index contributed by atoms with van der Waals surface area (Å²) in [6.45, 7) is 8.58. The van der Waals surface area contributed by atoms with E-state index in [-0.39, 0.29) is 5.41 Å². The lowest BCUT2D eigenvalue weighted by molar-refractivity contribution is 0.186. The Kier molecular flexibility index (Phi) is 5.50. The highest BCUT2D eigenvalue weighted by Crippen LogP contribution is 2.36. The molecule has 2 aromatic carbocycles. The molecule has 0 fully saturated rings. The smallest absolute Gasteiger partial charge is 0.414 e. The second kappa shape index (κ2) is 7.83. The van der Waals surface area contributed by atoms with Crippen LogP contribution in [0.5, 0.6) is 0 Å². The summed E-state index contributed by atoms with van der Waals surface area (Å²) in [7, 11) is 0. The van der Waals surface area contributed by atoms with Crippen molar-refractivity contribution in [3.63, 3.8) is 0 Å². The van der Waals surface area contributed by atoms with E-state index in [4.69, 9.17) is 4.74 Å². The van der Waals surface area contributed by atoms with Crippen LogP contribution in [0.4, 0.5) is 16.2 Å². The van der Waals surface area contributed by atoms with Crippen LogP contribution in [0.15, 0.2) is 83.6 Å². The van der Waals surface area contributed by atoms with Gasteiger partial charge in [0.05, 0.1) is 11.4 Å². The molecule has 1 amide bonds. The van der Waals surface area contributed by atoms with Crippen molar-refractivity contribution in [1.82, 2.24) is 0 Å². The first-order valence-corrected chi connectivity index (χ1v) is 9.23. The Hall–Kier alpha value is -2.81. The molecule has 0 saturated heterocycles. The van der Waals surface area contributed by atoms with Crippen LogP contribution in [0.3, 0.4) is 0 Å². The van der Waals surface area contributed by atoms with Crippen LogP contribution in [-0.2, 0) is 4.74 Å². The third-order valence-corrected chi connectivity index (χ3v) is 4.66. The van der Waals surface area contributed by atoms with Crippen LogP contribution < -0.4 is 4.90 Å². The highest BCUT2D eigenvalue weighted by atomic mass is 16.6. The molecule has 0 N–H and O–H groups in total. The Morgan fingerprint density at radius 1 is 0.926 bits per heavy atom. The molecule has 3 heteroatoms. The molecule has 0 unspecified atom stereocenters. The van der Waals surface area contributed by atoms with Crippen LogP contribution in [0, 0.1) is 11.8 Å². The van der Waals surface area contributed by atoms with Crippen molar-refractivity contribution in [1.29, 1.82) is 0 Å². The summed E-state index contributed by atoms with van der Waals surface area (Å²) in [5.74, 6) is 0.630. The zero-order valence-corrected chi connectivity index (χ0v) is 16.4. The molecule has 1 aliphatic carbocycles. The lowest BCUT2D eigenvalue weighted by Gasteiger charge is -2.28. The van der Waals surface area contributed by atoms with Crippen LogP contribution in [0.1, 0.15) is 34.1 Å². The number of allylic oxidation sites excluding steroid dienone is 4. The summed E-state index contributed by atoms with van der Waals surface area (Å²) < 4.78 is 5.80. The molecule has 0 aliphatic heterocycles. The van der Waals surface area contributed by atoms with Gasteiger partial charge in [0, 0.05) is 6.42 Å². The third-order valence-electron chi connectivity index (χ3n) is 4.66. The molecule has 139 valence electrons.